The summed E-state index contributed by atoms with van der Waals surface area (Å²) in [6.45, 7) is 3.85. The molecule has 0 saturated heterocycles. The second-order valence-corrected chi connectivity index (χ2v) is 8.23. The minimum Gasteiger partial charge on any atom is -0.457 e. The molecule has 5 aromatic rings. The molecule has 176 valence electrons. The van der Waals surface area contributed by atoms with Gasteiger partial charge in [0.05, 0.1) is 11.2 Å². The molecule has 35 heavy (non-hydrogen) atoms. The number of aromatic nitrogens is 5. The number of fused-ring (bicyclic) bond motifs is 2. The Kier molecular flexibility index (Phi) is 6.31. The zero-order chi connectivity index (χ0) is 22.9. The molecule has 4 aromatic heterocycles. The second kappa shape index (κ2) is 9.69. The minimum atomic E-state index is 0. The first kappa shape index (κ1) is 22.8. The normalized spacial score (nSPS) is 13.3. The van der Waals surface area contributed by atoms with Crippen LogP contribution in [0.25, 0.3) is 22.3 Å². The lowest BCUT2D eigenvalue weighted by Crippen LogP contribution is -2.20. The lowest BCUT2D eigenvalue weighted by Gasteiger charge is -2.15. The maximum absolute atomic E-state index is 6.11. The van der Waals surface area contributed by atoms with Crippen LogP contribution < -0.4 is 15.4 Å². The molecule has 0 bridgehead atoms. The van der Waals surface area contributed by atoms with E-state index in [9.17, 15) is 0 Å². The molecule has 1 aliphatic heterocycles. The average molecular weight is 486 g/mol. The molecule has 0 amide bonds. The van der Waals surface area contributed by atoms with Gasteiger partial charge in [0.2, 0.25) is 0 Å². The summed E-state index contributed by atoms with van der Waals surface area (Å²) < 4.78 is 8.06. The van der Waals surface area contributed by atoms with Gasteiger partial charge in [-0.1, -0.05) is 6.08 Å². The van der Waals surface area contributed by atoms with E-state index in [2.05, 4.69) is 31.7 Å². The number of aryl methyl sites for hydroxylation is 1. The largest absolute Gasteiger partial charge is 0.457 e. The first-order chi connectivity index (χ1) is 16.7. The van der Waals surface area contributed by atoms with Gasteiger partial charge in [0.25, 0.3) is 0 Å². The number of nitrogens with one attached hydrogen (secondary N) is 2. The number of imidazole rings is 1. The molecule has 1 aliphatic rings. The zero-order valence-corrected chi connectivity index (χ0v) is 19.9. The molecular weight excluding hydrogens is 462 g/mol. The van der Waals surface area contributed by atoms with Crippen molar-refractivity contribution in [2.24, 2.45) is 0 Å². The average Bonchev–Trinajstić information content (AvgIpc) is 3.34. The van der Waals surface area contributed by atoms with E-state index in [1.807, 2.05) is 66.2 Å². The van der Waals surface area contributed by atoms with E-state index in [-0.39, 0.29) is 12.4 Å². The topological polar surface area (TPSA) is 89.3 Å². The smallest absolute Gasteiger partial charge is 0.160 e. The van der Waals surface area contributed by atoms with Gasteiger partial charge >= 0.3 is 0 Å². The van der Waals surface area contributed by atoms with Crippen molar-refractivity contribution >= 4 is 46.2 Å². The van der Waals surface area contributed by atoms with Crippen molar-refractivity contribution in [1.82, 2.24) is 29.7 Å². The molecule has 6 rings (SSSR count). The Morgan fingerprint density at radius 1 is 1.03 bits per heavy atom. The standard InChI is InChI=1S/C26H23N7O.ClH/c1-17-14-19(2-5-23(17)34-20-8-12-33-13-11-28-24(33)15-20)31-26-25-22(29-16-30-26)4-3-21(32-25)18-6-9-27-10-7-18;/h2-6,8,11-16,27H,7,9-10H2,1H3,(H,29,30,31);1H. The summed E-state index contributed by atoms with van der Waals surface area (Å²) in [6.07, 6.45) is 10.3. The third kappa shape index (κ3) is 4.66. The summed E-state index contributed by atoms with van der Waals surface area (Å²) in [5.41, 5.74) is 6.54. The predicted octanol–water partition coefficient (Wildman–Crippen LogP) is 5.32. The van der Waals surface area contributed by atoms with E-state index < -0.39 is 0 Å². The maximum atomic E-state index is 6.11. The molecule has 2 N–H and O–H groups in total. The fraction of sp³-hybridized carbons (Fsp3) is 0.154. The molecular formula is C26H24ClN7O. The molecule has 1 aromatic carbocycles. The van der Waals surface area contributed by atoms with Gasteiger partial charge in [0, 0.05) is 36.9 Å². The minimum absolute atomic E-state index is 0. The third-order valence-corrected chi connectivity index (χ3v) is 5.91. The quantitative estimate of drug-likeness (QED) is 0.348. The van der Waals surface area contributed by atoms with Crippen molar-refractivity contribution < 1.29 is 4.74 Å². The second-order valence-electron chi connectivity index (χ2n) is 8.23. The molecule has 0 saturated carbocycles. The van der Waals surface area contributed by atoms with Crippen molar-refractivity contribution in [3.05, 3.63) is 84.7 Å². The number of benzene rings is 1. The van der Waals surface area contributed by atoms with Gasteiger partial charge in [0.15, 0.2) is 5.82 Å². The van der Waals surface area contributed by atoms with Crippen molar-refractivity contribution in [3.8, 4) is 11.5 Å². The summed E-state index contributed by atoms with van der Waals surface area (Å²) in [5, 5.41) is 6.76. The number of hydrogen-bond acceptors (Lipinski definition) is 7. The highest BCUT2D eigenvalue weighted by molar-refractivity contribution is 5.88. The first-order valence-electron chi connectivity index (χ1n) is 11.2. The highest BCUT2D eigenvalue weighted by Gasteiger charge is 2.12. The van der Waals surface area contributed by atoms with Gasteiger partial charge < -0.3 is 19.8 Å². The first-order valence-corrected chi connectivity index (χ1v) is 11.2. The maximum Gasteiger partial charge on any atom is 0.160 e. The molecule has 0 fully saturated rings. The van der Waals surface area contributed by atoms with Crippen LogP contribution in [0.15, 0.2) is 73.5 Å². The lowest BCUT2D eigenvalue weighted by atomic mass is 10.1. The van der Waals surface area contributed by atoms with Crippen molar-refractivity contribution in [1.29, 1.82) is 0 Å². The van der Waals surface area contributed by atoms with Gasteiger partial charge in [-0.25, -0.2) is 19.9 Å². The molecule has 0 spiro atoms. The number of nitrogens with zero attached hydrogens (tertiary/aromatic N) is 5. The Morgan fingerprint density at radius 3 is 2.83 bits per heavy atom. The number of rotatable bonds is 5. The van der Waals surface area contributed by atoms with Gasteiger partial charge in [-0.15, -0.1) is 12.4 Å². The Balaban J connectivity index is 0.00000253. The number of anilines is 2. The highest BCUT2D eigenvalue weighted by atomic mass is 35.5. The van der Waals surface area contributed by atoms with Crippen molar-refractivity contribution in [2.45, 2.75) is 13.3 Å². The molecule has 0 aliphatic carbocycles. The van der Waals surface area contributed by atoms with E-state index in [1.54, 1.807) is 12.5 Å². The molecule has 5 heterocycles. The van der Waals surface area contributed by atoms with Crippen LogP contribution in [-0.4, -0.2) is 37.4 Å². The molecule has 9 heteroatoms. The fourth-order valence-electron chi connectivity index (χ4n) is 4.13. The Labute approximate surface area is 208 Å². The Bertz CT molecular complexity index is 1550. The van der Waals surface area contributed by atoms with E-state index >= 15 is 0 Å². The number of ether oxygens (including phenoxy) is 1. The molecule has 0 unspecified atom stereocenters. The number of hydrogen-bond donors (Lipinski definition) is 2. The lowest BCUT2D eigenvalue weighted by molar-refractivity contribution is 0.478. The van der Waals surface area contributed by atoms with Crippen LogP contribution in [0.5, 0.6) is 11.5 Å². The SMILES string of the molecule is Cc1cc(Nc2ncnc3ccc(C4=CCNCC4)nc23)ccc1Oc1ccn2ccnc2c1.Cl. The molecule has 0 atom stereocenters. The van der Waals surface area contributed by atoms with Gasteiger partial charge in [-0.2, -0.15) is 0 Å². The van der Waals surface area contributed by atoms with Crippen LogP contribution in [0.2, 0.25) is 0 Å². The van der Waals surface area contributed by atoms with Gasteiger partial charge in [-0.3, -0.25) is 0 Å². The van der Waals surface area contributed by atoms with E-state index in [1.165, 1.54) is 5.57 Å². The van der Waals surface area contributed by atoms with Crippen LogP contribution in [0, 0.1) is 6.92 Å². The van der Waals surface area contributed by atoms with Crippen molar-refractivity contribution in [2.75, 3.05) is 18.4 Å². The molecule has 8 nitrogen and oxygen atoms in total. The Hall–Kier alpha value is -4.01. The van der Waals surface area contributed by atoms with E-state index in [0.717, 1.165) is 64.6 Å². The molecule has 0 radical (unpaired) electrons. The van der Waals surface area contributed by atoms with Crippen molar-refractivity contribution in [3.63, 3.8) is 0 Å². The van der Waals surface area contributed by atoms with Gasteiger partial charge in [0.1, 0.15) is 29.0 Å². The van der Waals surface area contributed by atoms with Crippen LogP contribution in [-0.2, 0) is 0 Å². The summed E-state index contributed by atoms with van der Waals surface area (Å²) in [7, 11) is 0. The predicted molar refractivity (Wildman–Crippen MR) is 140 cm³/mol. The summed E-state index contributed by atoms with van der Waals surface area (Å²) >= 11 is 0. The van der Waals surface area contributed by atoms with Gasteiger partial charge in [-0.05, 0) is 67.4 Å². The summed E-state index contributed by atoms with van der Waals surface area (Å²) in [6, 6.07) is 13.9. The van der Waals surface area contributed by atoms with Crippen LogP contribution in [0.4, 0.5) is 11.5 Å². The fourth-order valence-corrected chi connectivity index (χ4v) is 4.13. The third-order valence-electron chi connectivity index (χ3n) is 5.91. The van der Waals surface area contributed by atoms with E-state index in [4.69, 9.17) is 9.72 Å². The van der Waals surface area contributed by atoms with E-state index in [0.29, 0.717) is 5.82 Å². The summed E-state index contributed by atoms with van der Waals surface area (Å²) in [4.78, 5) is 18.1. The van der Waals surface area contributed by atoms with Crippen LogP contribution in [0.1, 0.15) is 17.7 Å². The summed E-state index contributed by atoms with van der Waals surface area (Å²) in [5.74, 6) is 2.21. The number of pyridine rings is 2. The number of halogens is 1. The van der Waals surface area contributed by atoms with Crippen LogP contribution in [0.3, 0.4) is 0 Å². The highest BCUT2D eigenvalue weighted by Crippen LogP contribution is 2.30. The zero-order valence-electron chi connectivity index (χ0n) is 19.1. The Morgan fingerprint density at radius 2 is 1.97 bits per heavy atom. The monoisotopic (exact) mass is 485 g/mol. The van der Waals surface area contributed by atoms with Crippen LogP contribution >= 0.6 is 12.4 Å².